The minimum absolute atomic E-state index is 0.0960. The molecule has 0 aromatic heterocycles. The van der Waals surface area contributed by atoms with Gasteiger partial charge >= 0.3 is 0 Å². The number of methoxy groups -OCH3 is 1. The molecule has 3 rings (SSSR count). The van der Waals surface area contributed by atoms with Crippen molar-refractivity contribution >= 4 is 21.6 Å². The van der Waals surface area contributed by atoms with Gasteiger partial charge in [0, 0.05) is 25.7 Å². The lowest BCUT2D eigenvalue weighted by Gasteiger charge is -2.31. The largest absolute Gasteiger partial charge is 0.497 e. The zero-order valence-corrected chi connectivity index (χ0v) is 18.0. The van der Waals surface area contributed by atoms with Crippen molar-refractivity contribution < 1.29 is 17.9 Å². The lowest BCUT2D eigenvalue weighted by molar-refractivity contribution is 0.0696. The first kappa shape index (κ1) is 21.2. The Morgan fingerprint density at radius 3 is 2.28 bits per heavy atom. The number of anilines is 1. The lowest BCUT2D eigenvalue weighted by atomic mass is 9.94. The first-order valence-electron chi connectivity index (χ1n) is 9.85. The molecule has 0 bridgehead atoms. The number of hydrogen-bond donors (Lipinski definition) is 0. The van der Waals surface area contributed by atoms with Gasteiger partial charge in [-0.15, -0.1) is 0 Å². The van der Waals surface area contributed by atoms with Gasteiger partial charge in [0.1, 0.15) is 5.75 Å². The molecule has 7 heteroatoms. The van der Waals surface area contributed by atoms with Crippen molar-refractivity contribution in [2.75, 3.05) is 25.5 Å². The minimum atomic E-state index is -3.80. The summed E-state index contributed by atoms with van der Waals surface area (Å²) in [7, 11) is 1.07. The molecule has 0 N–H and O–H groups in total. The highest BCUT2D eigenvalue weighted by Crippen LogP contribution is 2.26. The van der Waals surface area contributed by atoms with Crippen molar-refractivity contribution in [1.29, 1.82) is 0 Å². The number of carbonyl (C=O) groups is 1. The molecule has 1 aliphatic carbocycles. The number of amides is 1. The molecule has 2 aromatic rings. The van der Waals surface area contributed by atoms with Crippen LogP contribution in [0.4, 0.5) is 5.69 Å². The van der Waals surface area contributed by atoms with Crippen molar-refractivity contribution in [2.24, 2.45) is 0 Å². The van der Waals surface area contributed by atoms with Crippen LogP contribution in [0.5, 0.6) is 5.75 Å². The van der Waals surface area contributed by atoms with Gasteiger partial charge in [0.15, 0.2) is 0 Å². The first-order valence-corrected chi connectivity index (χ1v) is 11.3. The zero-order chi connectivity index (χ0) is 21.0. The average Bonchev–Trinajstić information content (AvgIpc) is 2.78. The number of nitrogens with zero attached hydrogens (tertiary/aromatic N) is 2. The van der Waals surface area contributed by atoms with E-state index in [2.05, 4.69) is 0 Å². The van der Waals surface area contributed by atoms with Gasteiger partial charge in [-0.2, -0.15) is 0 Å². The van der Waals surface area contributed by atoms with Crippen LogP contribution in [-0.4, -0.2) is 46.5 Å². The fourth-order valence-electron chi connectivity index (χ4n) is 3.72. The van der Waals surface area contributed by atoms with Crippen molar-refractivity contribution in [3.63, 3.8) is 0 Å². The quantitative estimate of drug-likeness (QED) is 0.716. The maximum Gasteiger partial charge on any atom is 0.264 e. The van der Waals surface area contributed by atoms with Crippen molar-refractivity contribution in [3.05, 3.63) is 54.1 Å². The Bertz CT molecular complexity index is 951. The third-order valence-corrected chi connectivity index (χ3v) is 7.40. The highest BCUT2D eigenvalue weighted by molar-refractivity contribution is 7.92. The fraction of sp³-hybridized carbons (Fsp3) is 0.409. The Morgan fingerprint density at radius 1 is 1.00 bits per heavy atom. The van der Waals surface area contributed by atoms with Crippen LogP contribution in [0.25, 0.3) is 0 Å². The first-order chi connectivity index (χ1) is 13.8. The summed E-state index contributed by atoms with van der Waals surface area (Å²) in [6.45, 7) is 0. The summed E-state index contributed by atoms with van der Waals surface area (Å²) in [5.74, 6) is 0.513. The summed E-state index contributed by atoms with van der Waals surface area (Å²) in [4.78, 5) is 14.8. The van der Waals surface area contributed by atoms with E-state index in [1.165, 1.54) is 29.9 Å². The molecule has 0 unspecified atom stereocenters. The van der Waals surface area contributed by atoms with Crippen LogP contribution in [0.2, 0.25) is 0 Å². The molecule has 0 radical (unpaired) electrons. The third-order valence-electron chi connectivity index (χ3n) is 5.62. The van der Waals surface area contributed by atoms with E-state index >= 15 is 0 Å². The van der Waals surface area contributed by atoms with Crippen molar-refractivity contribution in [1.82, 2.24) is 4.90 Å². The van der Waals surface area contributed by atoms with Crippen LogP contribution >= 0.6 is 0 Å². The molecule has 0 aliphatic heterocycles. The average molecular weight is 417 g/mol. The summed E-state index contributed by atoms with van der Waals surface area (Å²) < 4.78 is 32.5. The molecule has 0 atom stereocenters. The number of hydrogen-bond acceptors (Lipinski definition) is 4. The SMILES string of the molecule is COc1ccc(N(C)S(=O)(=O)c2cccc(C(=O)N(C)C3CCCCC3)c2)cc1. The second kappa shape index (κ2) is 8.86. The number of benzene rings is 2. The summed E-state index contributed by atoms with van der Waals surface area (Å²) in [6, 6.07) is 13.3. The van der Waals surface area contributed by atoms with Gasteiger partial charge in [-0.1, -0.05) is 25.3 Å². The van der Waals surface area contributed by atoms with Crippen LogP contribution in [0, 0.1) is 0 Å². The van der Waals surface area contributed by atoms with Gasteiger partial charge in [0.2, 0.25) is 0 Å². The molecule has 1 saturated carbocycles. The smallest absolute Gasteiger partial charge is 0.264 e. The Labute approximate surface area is 173 Å². The molecule has 0 saturated heterocycles. The van der Waals surface area contributed by atoms with Gasteiger partial charge in [-0.25, -0.2) is 8.42 Å². The van der Waals surface area contributed by atoms with Crippen LogP contribution in [0.3, 0.4) is 0 Å². The van der Waals surface area contributed by atoms with Crippen molar-refractivity contribution in [3.8, 4) is 5.75 Å². The van der Waals surface area contributed by atoms with E-state index in [-0.39, 0.29) is 16.8 Å². The van der Waals surface area contributed by atoms with E-state index in [9.17, 15) is 13.2 Å². The summed E-state index contributed by atoms with van der Waals surface area (Å²) in [5, 5.41) is 0. The molecule has 0 spiro atoms. The van der Waals surface area contributed by atoms with Crippen LogP contribution in [0.15, 0.2) is 53.4 Å². The Kier molecular flexibility index (Phi) is 6.47. The van der Waals surface area contributed by atoms with Gasteiger partial charge in [0.25, 0.3) is 15.9 Å². The van der Waals surface area contributed by atoms with Crippen molar-refractivity contribution in [2.45, 2.75) is 43.0 Å². The summed E-state index contributed by atoms with van der Waals surface area (Å²) in [6.07, 6.45) is 5.47. The number of sulfonamides is 1. The minimum Gasteiger partial charge on any atom is -0.497 e. The molecule has 1 aliphatic rings. The second-order valence-corrected chi connectivity index (χ2v) is 9.38. The summed E-state index contributed by atoms with van der Waals surface area (Å²) >= 11 is 0. The molecular weight excluding hydrogens is 388 g/mol. The standard InChI is InChI=1S/C22H28N2O4S/c1-23(18-9-5-4-6-10-18)22(25)17-8-7-11-21(16-17)29(26,27)24(2)19-12-14-20(28-3)15-13-19/h7-8,11-16,18H,4-6,9-10H2,1-3H3. The van der Waals surface area contributed by atoms with Gasteiger partial charge in [-0.05, 0) is 55.3 Å². The van der Waals surface area contributed by atoms with Gasteiger partial charge in [0.05, 0.1) is 17.7 Å². The van der Waals surface area contributed by atoms with Gasteiger partial charge < -0.3 is 9.64 Å². The molecule has 156 valence electrons. The zero-order valence-electron chi connectivity index (χ0n) is 17.2. The number of rotatable bonds is 6. The Hall–Kier alpha value is -2.54. The second-order valence-electron chi connectivity index (χ2n) is 7.41. The maximum atomic E-state index is 13.1. The Morgan fingerprint density at radius 2 is 1.66 bits per heavy atom. The molecular formula is C22H28N2O4S. The summed E-state index contributed by atoms with van der Waals surface area (Å²) in [5.41, 5.74) is 0.907. The lowest BCUT2D eigenvalue weighted by Crippen LogP contribution is -2.38. The normalized spacial score (nSPS) is 15.0. The number of carbonyl (C=O) groups excluding carboxylic acids is 1. The predicted octanol–water partition coefficient (Wildman–Crippen LogP) is 3.93. The molecule has 2 aromatic carbocycles. The van der Waals surface area contributed by atoms with E-state index in [4.69, 9.17) is 4.74 Å². The maximum absolute atomic E-state index is 13.1. The van der Waals surface area contributed by atoms with E-state index < -0.39 is 10.0 Å². The van der Waals surface area contributed by atoms with E-state index in [1.54, 1.807) is 48.4 Å². The monoisotopic (exact) mass is 416 g/mol. The Balaban J connectivity index is 1.83. The van der Waals surface area contributed by atoms with Crippen LogP contribution < -0.4 is 9.04 Å². The van der Waals surface area contributed by atoms with E-state index in [0.29, 0.717) is 17.0 Å². The van der Waals surface area contributed by atoms with Gasteiger partial charge in [-0.3, -0.25) is 9.10 Å². The third kappa shape index (κ3) is 4.56. The van der Waals surface area contributed by atoms with E-state index in [0.717, 1.165) is 25.7 Å². The van der Waals surface area contributed by atoms with E-state index in [1.807, 2.05) is 7.05 Å². The highest BCUT2D eigenvalue weighted by Gasteiger charge is 2.26. The molecule has 1 fully saturated rings. The van der Waals surface area contributed by atoms with Crippen LogP contribution in [0.1, 0.15) is 42.5 Å². The highest BCUT2D eigenvalue weighted by atomic mass is 32.2. The van der Waals surface area contributed by atoms with Crippen LogP contribution in [-0.2, 0) is 10.0 Å². The molecule has 6 nitrogen and oxygen atoms in total. The number of ether oxygens (including phenoxy) is 1. The molecule has 29 heavy (non-hydrogen) atoms. The predicted molar refractivity (Wildman–Crippen MR) is 114 cm³/mol. The fourth-order valence-corrected chi connectivity index (χ4v) is 4.96. The molecule has 0 heterocycles. The topological polar surface area (TPSA) is 66.9 Å². The molecule has 1 amide bonds.